The van der Waals surface area contributed by atoms with Crippen molar-refractivity contribution in [3.8, 4) is 0 Å². The molecule has 2 aliphatic rings. The molecule has 6 N–H and O–H groups in total. The van der Waals surface area contributed by atoms with Crippen molar-refractivity contribution >= 4 is 70.0 Å². The molecule has 2 aliphatic heterocycles. The van der Waals surface area contributed by atoms with Crippen molar-refractivity contribution in [2.75, 3.05) is 34.4 Å². The third-order valence-electron chi connectivity index (χ3n) is 7.91. The van der Waals surface area contributed by atoms with Crippen LogP contribution in [0, 0.1) is 5.92 Å². The first kappa shape index (κ1) is 42.6. The lowest BCUT2D eigenvalue weighted by atomic mass is 9.94. The maximum Gasteiger partial charge on any atom is 0.490 e. The number of amides is 3. The number of para-hydroxylation sites is 1. The van der Waals surface area contributed by atoms with Gasteiger partial charge in [-0.05, 0) is 79.1 Å². The van der Waals surface area contributed by atoms with Crippen molar-refractivity contribution in [3.05, 3.63) is 89.3 Å². The molecule has 0 unspecified atom stereocenters. The number of aryl methyl sites for hydroxylation is 2. The quantitative estimate of drug-likeness (QED) is 0.111. The average molecular weight is 811 g/mol. The Bertz CT molecular complexity index is 2000. The highest BCUT2D eigenvalue weighted by atomic mass is 35.5. The highest BCUT2D eigenvalue weighted by Gasteiger charge is 2.39. The van der Waals surface area contributed by atoms with Crippen LogP contribution in [0.1, 0.15) is 30.4 Å². The van der Waals surface area contributed by atoms with E-state index in [9.17, 15) is 35.9 Å². The first-order chi connectivity index (χ1) is 26.4. The standard InChI is InChI=1S/C31H31ClN8O2.2C2HF3O2/c32-26-18-34-30-36-25-13-20(16-33-17-25)8-9-22-15-24(35-29(26)39-30)10-11-27(22)38-28(41)14-21-5-4-12-40(19-21)31(42)37-23-6-2-1-3-7-23;2*3-2(4,5)1(6)7/h1-3,6-7,10-11,13,15-18,21H,4-5,8-9,12,14,19H2,(H,37,42)(H,38,41)(H2,34,35,36,39);2*(H,6,7)/t21-;;/m0../s1. The number of halogens is 7. The molecule has 0 aliphatic carbocycles. The first-order valence-electron chi connectivity index (χ1n) is 16.5. The molecule has 3 amide bonds. The van der Waals surface area contributed by atoms with Crippen LogP contribution in [0.3, 0.4) is 0 Å². The lowest BCUT2D eigenvalue weighted by molar-refractivity contribution is -0.193. The zero-order valence-corrected chi connectivity index (χ0v) is 29.7. The Balaban J connectivity index is 0.000000425. The third kappa shape index (κ3) is 13.3. The van der Waals surface area contributed by atoms with Crippen molar-refractivity contribution in [1.29, 1.82) is 0 Å². The summed E-state index contributed by atoms with van der Waals surface area (Å²) >= 11 is 6.38. The molecular weight excluding hydrogens is 778 g/mol. The fourth-order valence-corrected chi connectivity index (χ4v) is 5.49. The Morgan fingerprint density at radius 3 is 2.20 bits per heavy atom. The van der Waals surface area contributed by atoms with E-state index in [1.807, 2.05) is 60.8 Å². The number of hydrogen-bond acceptors (Lipinski definition) is 9. The summed E-state index contributed by atoms with van der Waals surface area (Å²) in [7, 11) is 0. The Hall–Kier alpha value is -6.18. The molecular formula is C35H33ClF6N8O6. The molecule has 0 radical (unpaired) electrons. The minimum Gasteiger partial charge on any atom is -0.475 e. The van der Waals surface area contributed by atoms with E-state index in [0.29, 0.717) is 42.7 Å². The van der Waals surface area contributed by atoms with E-state index < -0.39 is 24.3 Å². The number of carbonyl (C=O) groups excluding carboxylic acids is 2. The van der Waals surface area contributed by atoms with Gasteiger partial charge in [0.25, 0.3) is 0 Å². The molecule has 6 bridgehead atoms. The van der Waals surface area contributed by atoms with Crippen molar-refractivity contribution < 1.29 is 55.7 Å². The van der Waals surface area contributed by atoms with Gasteiger partial charge in [-0.2, -0.15) is 31.3 Å². The number of carboxylic acid groups (broad SMARTS) is 2. The zero-order chi connectivity index (χ0) is 41.0. The Morgan fingerprint density at radius 2 is 1.54 bits per heavy atom. The molecule has 0 spiro atoms. The van der Waals surface area contributed by atoms with Gasteiger partial charge in [0.15, 0.2) is 5.82 Å². The topological polar surface area (TPSA) is 199 Å². The Kier molecular flexibility index (Phi) is 14.4. The van der Waals surface area contributed by atoms with Crippen LogP contribution in [0.4, 0.5) is 65.7 Å². The summed E-state index contributed by atoms with van der Waals surface area (Å²) in [6, 6.07) is 17.1. The molecule has 298 valence electrons. The van der Waals surface area contributed by atoms with Crippen molar-refractivity contribution in [1.82, 2.24) is 19.9 Å². The summed E-state index contributed by atoms with van der Waals surface area (Å²) < 4.78 is 63.5. The fraction of sp³-hybridized carbons (Fsp3) is 0.286. The summed E-state index contributed by atoms with van der Waals surface area (Å²) in [5, 5.41) is 27.2. The van der Waals surface area contributed by atoms with E-state index in [1.165, 1.54) is 0 Å². The van der Waals surface area contributed by atoms with Gasteiger partial charge in [-0.3, -0.25) is 9.78 Å². The summed E-state index contributed by atoms with van der Waals surface area (Å²) in [6.07, 6.45) is -1.56. The van der Waals surface area contributed by atoms with Crippen molar-refractivity contribution in [2.45, 2.75) is 44.5 Å². The first-order valence-corrected chi connectivity index (χ1v) is 16.9. The van der Waals surface area contributed by atoms with Crippen LogP contribution in [-0.2, 0) is 27.2 Å². The monoisotopic (exact) mass is 810 g/mol. The van der Waals surface area contributed by atoms with Gasteiger partial charge in [0, 0.05) is 42.8 Å². The number of rotatable bonds is 4. The van der Waals surface area contributed by atoms with Crippen LogP contribution in [0.2, 0.25) is 5.02 Å². The van der Waals surface area contributed by atoms with Gasteiger partial charge in [0.05, 0.1) is 18.1 Å². The predicted molar refractivity (Wildman–Crippen MR) is 192 cm³/mol. The van der Waals surface area contributed by atoms with Gasteiger partial charge >= 0.3 is 30.3 Å². The fourth-order valence-electron chi connectivity index (χ4n) is 5.36. The predicted octanol–water partition coefficient (Wildman–Crippen LogP) is 7.65. The summed E-state index contributed by atoms with van der Waals surface area (Å²) in [5.41, 5.74) is 5.11. The molecule has 14 nitrogen and oxygen atoms in total. The van der Waals surface area contributed by atoms with Gasteiger partial charge in [-0.15, -0.1) is 0 Å². The summed E-state index contributed by atoms with van der Waals surface area (Å²) in [4.78, 5) is 58.8. The number of aromatic nitrogens is 3. The number of fused-ring (bicyclic) bond motifs is 6. The van der Waals surface area contributed by atoms with E-state index in [2.05, 4.69) is 36.2 Å². The molecule has 1 atom stereocenters. The zero-order valence-electron chi connectivity index (χ0n) is 28.9. The van der Waals surface area contributed by atoms with Crippen LogP contribution >= 0.6 is 11.6 Å². The number of aliphatic carboxylic acids is 2. The molecule has 2 aromatic heterocycles. The van der Waals surface area contributed by atoms with Crippen LogP contribution < -0.4 is 21.3 Å². The number of anilines is 6. The average Bonchev–Trinajstić information content (AvgIpc) is 3.13. The molecule has 4 heterocycles. The van der Waals surface area contributed by atoms with E-state index in [4.69, 9.17) is 31.4 Å². The van der Waals surface area contributed by atoms with E-state index in [0.717, 1.165) is 53.1 Å². The normalized spacial score (nSPS) is 14.8. The second-order valence-electron chi connectivity index (χ2n) is 12.2. The number of benzene rings is 2. The second-order valence-corrected chi connectivity index (χ2v) is 12.6. The molecule has 56 heavy (non-hydrogen) atoms. The van der Waals surface area contributed by atoms with E-state index >= 15 is 0 Å². The lowest BCUT2D eigenvalue weighted by Crippen LogP contribution is -2.43. The van der Waals surface area contributed by atoms with Crippen molar-refractivity contribution in [3.63, 3.8) is 0 Å². The number of piperidine rings is 1. The van der Waals surface area contributed by atoms with Crippen LogP contribution in [0.25, 0.3) is 0 Å². The third-order valence-corrected chi connectivity index (χ3v) is 8.19. The van der Waals surface area contributed by atoms with Crippen LogP contribution in [0.5, 0.6) is 0 Å². The molecule has 4 aromatic rings. The molecule has 1 saturated heterocycles. The maximum atomic E-state index is 13.2. The Labute approximate surface area is 319 Å². The van der Waals surface area contributed by atoms with Crippen LogP contribution in [0.15, 0.2) is 73.2 Å². The molecule has 6 rings (SSSR count). The van der Waals surface area contributed by atoms with E-state index in [1.54, 1.807) is 17.3 Å². The largest absolute Gasteiger partial charge is 0.490 e. The number of likely N-dealkylation sites (tertiary alicyclic amines) is 1. The van der Waals surface area contributed by atoms with Gasteiger partial charge in [-0.1, -0.05) is 29.8 Å². The minimum atomic E-state index is -5.08. The molecule has 21 heteroatoms. The van der Waals surface area contributed by atoms with Gasteiger partial charge in [0.1, 0.15) is 5.02 Å². The van der Waals surface area contributed by atoms with Gasteiger partial charge < -0.3 is 36.4 Å². The van der Waals surface area contributed by atoms with E-state index in [-0.39, 0.29) is 17.9 Å². The number of nitrogens with one attached hydrogen (secondary N) is 4. The molecule has 1 fully saturated rings. The number of pyridine rings is 1. The summed E-state index contributed by atoms with van der Waals surface area (Å²) in [5.74, 6) is -4.62. The molecule has 0 saturated carbocycles. The molecule has 2 aromatic carbocycles. The number of nitrogens with zero attached hydrogens (tertiary/aromatic N) is 4. The van der Waals surface area contributed by atoms with Crippen LogP contribution in [-0.4, -0.2) is 79.4 Å². The Morgan fingerprint density at radius 1 is 0.857 bits per heavy atom. The number of carbonyl (C=O) groups is 4. The number of carboxylic acids is 2. The number of urea groups is 1. The van der Waals surface area contributed by atoms with Crippen molar-refractivity contribution in [2.24, 2.45) is 5.92 Å². The second kappa shape index (κ2) is 18.9. The van der Waals surface area contributed by atoms with Gasteiger partial charge in [-0.25, -0.2) is 19.4 Å². The smallest absolute Gasteiger partial charge is 0.475 e. The highest BCUT2D eigenvalue weighted by Crippen LogP contribution is 2.30. The van der Waals surface area contributed by atoms with Gasteiger partial charge in [0.2, 0.25) is 11.9 Å². The highest BCUT2D eigenvalue weighted by molar-refractivity contribution is 6.32. The number of alkyl halides is 6. The SMILES string of the molecule is O=C(C[C@@H]1CCCN(C(=O)Nc2ccccc2)C1)Nc1ccc2cc1CCc1cncc(c1)Nc1ncc(Cl)c(n1)N2.O=C(O)C(F)(F)F.O=C(O)C(F)(F)F. The maximum absolute atomic E-state index is 13.2. The summed E-state index contributed by atoms with van der Waals surface area (Å²) in [6.45, 7) is 1.22. The number of hydrogen-bond donors (Lipinski definition) is 6. The lowest BCUT2D eigenvalue weighted by Gasteiger charge is -2.32. The minimum absolute atomic E-state index is 0.0680.